The maximum absolute atomic E-state index is 12.8. The first-order valence-electron chi connectivity index (χ1n) is 10.5. The van der Waals surface area contributed by atoms with Crippen LogP contribution in [0, 0.1) is 0 Å². The van der Waals surface area contributed by atoms with Crippen LogP contribution >= 0.6 is 11.6 Å². The van der Waals surface area contributed by atoms with E-state index in [2.05, 4.69) is 11.4 Å². The highest BCUT2D eigenvalue weighted by Crippen LogP contribution is 2.41. The SMILES string of the molecule is O=C(Cc1cc(Cl)c2c(c1)OCCO2)NCC1(c2ccc3c(c2)OCO3)CCOCC1. The fourth-order valence-corrected chi connectivity index (χ4v) is 4.63. The van der Waals surface area contributed by atoms with Crippen LogP contribution in [-0.4, -0.2) is 45.7 Å². The summed E-state index contributed by atoms with van der Waals surface area (Å²) in [7, 11) is 0. The normalized spacial score (nSPS) is 18.5. The van der Waals surface area contributed by atoms with Crippen molar-refractivity contribution in [2.75, 3.05) is 39.8 Å². The van der Waals surface area contributed by atoms with Gasteiger partial charge in [0.2, 0.25) is 12.7 Å². The lowest BCUT2D eigenvalue weighted by molar-refractivity contribution is -0.120. The van der Waals surface area contributed by atoms with E-state index in [1.807, 2.05) is 18.2 Å². The quantitative estimate of drug-likeness (QED) is 0.761. The van der Waals surface area contributed by atoms with Crippen molar-refractivity contribution >= 4 is 17.5 Å². The molecule has 0 unspecified atom stereocenters. The average Bonchev–Trinajstić information content (AvgIpc) is 3.26. The van der Waals surface area contributed by atoms with Crippen LogP contribution in [0.4, 0.5) is 0 Å². The first-order valence-corrected chi connectivity index (χ1v) is 10.8. The average molecular weight is 446 g/mol. The molecule has 3 heterocycles. The zero-order chi connectivity index (χ0) is 21.3. The molecule has 2 aromatic rings. The molecule has 1 fully saturated rings. The van der Waals surface area contributed by atoms with E-state index in [0.717, 1.165) is 35.5 Å². The fraction of sp³-hybridized carbons (Fsp3) is 0.435. The van der Waals surface area contributed by atoms with Crippen molar-refractivity contribution in [3.05, 3.63) is 46.5 Å². The molecule has 2 aromatic carbocycles. The van der Waals surface area contributed by atoms with Crippen LogP contribution in [-0.2, 0) is 21.4 Å². The van der Waals surface area contributed by atoms with Crippen LogP contribution in [0.2, 0.25) is 5.02 Å². The molecule has 164 valence electrons. The minimum Gasteiger partial charge on any atom is -0.486 e. The summed E-state index contributed by atoms with van der Waals surface area (Å²) in [5, 5.41) is 3.59. The van der Waals surface area contributed by atoms with Crippen molar-refractivity contribution in [1.82, 2.24) is 5.32 Å². The number of fused-ring (bicyclic) bond motifs is 2. The van der Waals surface area contributed by atoms with Crippen molar-refractivity contribution in [2.45, 2.75) is 24.7 Å². The molecule has 1 N–H and O–H groups in total. The van der Waals surface area contributed by atoms with Gasteiger partial charge in [0.25, 0.3) is 0 Å². The van der Waals surface area contributed by atoms with Gasteiger partial charge in [0.05, 0.1) is 11.4 Å². The van der Waals surface area contributed by atoms with Gasteiger partial charge in [-0.15, -0.1) is 0 Å². The highest BCUT2D eigenvalue weighted by molar-refractivity contribution is 6.32. The predicted octanol–water partition coefficient (Wildman–Crippen LogP) is 3.25. The van der Waals surface area contributed by atoms with Crippen LogP contribution in [0.25, 0.3) is 0 Å². The Labute approximate surface area is 185 Å². The molecule has 0 aliphatic carbocycles. The largest absolute Gasteiger partial charge is 0.486 e. The molecule has 3 aliphatic rings. The van der Waals surface area contributed by atoms with Crippen molar-refractivity contribution < 1.29 is 28.5 Å². The fourth-order valence-electron chi connectivity index (χ4n) is 4.34. The molecule has 8 heteroatoms. The van der Waals surface area contributed by atoms with Gasteiger partial charge in [-0.2, -0.15) is 0 Å². The molecule has 0 atom stereocenters. The number of rotatable bonds is 5. The Morgan fingerprint density at radius 3 is 2.61 bits per heavy atom. The van der Waals surface area contributed by atoms with Crippen molar-refractivity contribution in [3.8, 4) is 23.0 Å². The van der Waals surface area contributed by atoms with E-state index in [1.165, 1.54) is 0 Å². The topological polar surface area (TPSA) is 75.3 Å². The van der Waals surface area contributed by atoms with Gasteiger partial charge in [-0.25, -0.2) is 0 Å². The molecule has 5 rings (SSSR count). The molecule has 31 heavy (non-hydrogen) atoms. The Morgan fingerprint density at radius 1 is 0.935 bits per heavy atom. The maximum atomic E-state index is 12.8. The van der Waals surface area contributed by atoms with E-state index in [9.17, 15) is 4.79 Å². The van der Waals surface area contributed by atoms with Crippen LogP contribution in [0.1, 0.15) is 24.0 Å². The summed E-state index contributed by atoms with van der Waals surface area (Å²) in [5.41, 5.74) is 1.71. The summed E-state index contributed by atoms with van der Waals surface area (Å²) in [6, 6.07) is 9.61. The highest BCUT2D eigenvalue weighted by atomic mass is 35.5. The van der Waals surface area contributed by atoms with Gasteiger partial charge < -0.3 is 29.0 Å². The lowest BCUT2D eigenvalue weighted by Crippen LogP contribution is -2.45. The molecular formula is C23H24ClNO6. The second-order valence-corrected chi connectivity index (χ2v) is 8.42. The van der Waals surface area contributed by atoms with Crippen LogP contribution in [0.15, 0.2) is 30.3 Å². The van der Waals surface area contributed by atoms with Crippen LogP contribution in [0.5, 0.6) is 23.0 Å². The first-order chi connectivity index (χ1) is 15.1. The van der Waals surface area contributed by atoms with Gasteiger partial charge in [0.15, 0.2) is 23.0 Å². The third-order valence-electron chi connectivity index (χ3n) is 6.08. The summed E-state index contributed by atoms with van der Waals surface area (Å²) >= 11 is 6.31. The molecule has 0 radical (unpaired) electrons. The zero-order valence-electron chi connectivity index (χ0n) is 17.1. The van der Waals surface area contributed by atoms with E-state index in [1.54, 1.807) is 6.07 Å². The van der Waals surface area contributed by atoms with Gasteiger partial charge in [-0.3, -0.25) is 4.79 Å². The van der Waals surface area contributed by atoms with Gasteiger partial charge in [-0.05, 0) is 48.2 Å². The second-order valence-electron chi connectivity index (χ2n) is 8.02. The number of hydrogen-bond acceptors (Lipinski definition) is 6. The summed E-state index contributed by atoms with van der Waals surface area (Å²) < 4.78 is 27.8. The Balaban J connectivity index is 1.30. The lowest BCUT2D eigenvalue weighted by atomic mass is 9.74. The number of benzene rings is 2. The molecule has 0 bridgehead atoms. The number of halogens is 1. The maximum Gasteiger partial charge on any atom is 0.231 e. The van der Waals surface area contributed by atoms with Gasteiger partial charge in [0.1, 0.15) is 13.2 Å². The number of amides is 1. The smallest absolute Gasteiger partial charge is 0.231 e. The Hall–Kier alpha value is -2.64. The van der Waals surface area contributed by atoms with E-state index in [0.29, 0.717) is 49.5 Å². The van der Waals surface area contributed by atoms with Crippen molar-refractivity contribution in [3.63, 3.8) is 0 Å². The van der Waals surface area contributed by atoms with Gasteiger partial charge in [0, 0.05) is 25.2 Å². The van der Waals surface area contributed by atoms with Gasteiger partial charge >= 0.3 is 0 Å². The predicted molar refractivity (Wildman–Crippen MR) is 113 cm³/mol. The molecule has 1 amide bonds. The monoisotopic (exact) mass is 445 g/mol. The molecule has 7 nitrogen and oxygen atoms in total. The van der Waals surface area contributed by atoms with E-state index in [4.69, 9.17) is 35.3 Å². The number of hydrogen-bond donors (Lipinski definition) is 1. The number of nitrogens with one attached hydrogen (secondary N) is 1. The Morgan fingerprint density at radius 2 is 1.74 bits per heavy atom. The van der Waals surface area contributed by atoms with Crippen LogP contribution < -0.4 is 24.3 Å². The molecule has 3 aliphatic heterocycles. The van der Waals surface area contributed by atoms with E-state index < -0.39 is 0 Å². The third-order valence-corrected chi connectivity index (χ3v) is 6.36. The molecule has 0 saturated carbocycles. The summed E-state index contributed by atoms with van der Waals surface area (Å²) in [6.07, 6.45) is 1.86. The minimum atomic E-state index is -0.209. The van der Waals surface area contributed by atoms with Crippen molar-refractivity contribution in [2.24, 2.45) is 0 Å². The second kappa shape index (κ2) is 8.48. The minimum absolute atomic E-state index is 0.0700. The summed E-state index contributed by atoms with van der Waals surface area (Å²) in [5.74, 6) is 2.56. The molecule has 1 saturated heterocycles. The third kappa shape index (κ3) is 4.12. The number of carbonyl (C=O) groups excluding carboxylic acids is 1. The van der Waals surface area contributed by atoms with E-state index in [-0.39, 0.29) is 24.5 Å². The standard InChI is InChI=1S/C23H24ClNO6/c24-17-9-15(10-20-22(17)29-8-7-28-20)11-21(26)25-13-23(3-5-27-6-4-23)16-1-2-18-19(12-16)31-14-30-18/h1-2,9-10,12H,3-8,11,13-14H2,(H,25,26). The number of ether oxygens (including phenoxy) is 5. The Kier molecular flexibility index (Phi) is 5.54. The summed E-state index contributed by atoms with van der Waals surface area (Å²) in [6.45, 7) is 3.01. The molecular weight excluding hydrogens is 422 g/mol. The van der Waals surface area contributed by atoms with Gasteiger partial charge in [-0.1, -0.05) is 17.7 Å². The van der Waals surface area contributed by atoms with Crippen LogP contribution in [0.3, 0.4) is 0 Å². The molecule has 0 spiro atoms. The zero-order valence-corrected chi connectivity index (χ0v) is 17.8. The molecule has 0 aromatic heterocycles. The Bertz CT molecular complexity index is 988. The van der Waals surface area contributed by atoms with E-state index >= 15 is 0 Å². The highest BCUT2D eigenvalue weighted by Gasteiger charge is 2.36. The summed E-state index contributed by atoms with van der Waals surface area (Å²) in [4.78, 5) is 12.8. The first kappa shape index (κ1) is 20.3. The number of carbonyl (C=O) groups is 1. The van der Waals surface area contributed by atoms with Crippen molar-refractivity contribution in [1.29, 1.82) is 0 Å². The lowest BCUT2D eigenvalue weighted by Gasteiger charge is -2.38.